The van der Waals surface area contributed by atoms with Crippen molar-refractivity contribution < 1.29 is 14.7 Å². The minimum atomic E-state index is -1.63. The summed E-state index contributed by atoms with van der Waals surface area (Å²) < 4.78 is 14.1. The van der Waals surface area contributed by atoms with Gasteiger partial charge in [0.15, 0.2) is 0 Å². The van der Waals surface area contributed by atoms with Gasteiger partial charge in [0.25, 0.3) is 0 Å². The predicted molar refractivity (Wildman–Crippen MR) is 111 cm³/mol. The number of hydrogen-bond acceptors (Lipinski definition) is 3. The number of rotatable bonds is 3. The molecule has 0 bridgehead atoms. The number of nitrogens with one attached hydrogen (secondary N) is 1. The Balaban J connectivity index is 1.81. The third-order valence-electron chi connectivity index (χ3n) is 6.52. The van der Waals surface area contributed by atoms with E-state index in [1.807, 2.05) is 24.3 Å². The van der Waals surface area contributed by atoms with Crippen molar-refractivity contribution in [3.63, 3.8) is 0 Å². The minimum Gasteiger partial charge on any atom is -0.327 e. The molecule has 0 spiro atoms. The number of quaternary nitrogens is 1. The molecule has 1 unspecified atom stereocenters. The fourth-order valence-electron chi connectivity index (χ4n) is 5.09. The summed E-state index contributed by atoms with van der Waals surface area (Å²) in [6.45, 7) is 2.05. The van der Waals surface area contributed by atoms with Crippen LogP contribution in [0.1, 0.15) is 17.0 Å². The molecule has 0 aromatic heterocycles. The molecule has 3 N–H and O–H groups in total. The topological polar surface area (TPSA) is 101 Å². The Hall–Kier alpha value is -3.79. The molecule has 6 heteroatoms. The Bertz CT molecular complexity index is 1150. The van der Waals surface area contributed by atoms with Gasteiger partial charge in [-0.15, -0.1) is 0 Å². The molecule has 1 heterocycles. The van der Waals surface area contributed by atoms with Crippen LogP contribution in [0, 0.1) is 57.1 Å². The van der Waals surface area contributed by atoms with Crippen molar-refractivity contribution in [1.82, 2.24) is 0 Å². The predicted octanol–water partition coefficient (Wildman–Crippen LogP) is 0.938. The fourth-order valence-corrected chi connectivity index (χ4v) is 5.09. The molecule has 4 atom stereocenters. The lowest BCUT2D eigenvalue weighted by molar-refractivity contribution is -0.913. The van der Waals surface area contributed by atoms with E-state index in [4.69, 9.17) is 5.41 Å². The molecule has 1 fully saturated rings. The molecule has 2 aromatic carbocycles. The smallest absolute Gasteiger partial charge is 0.244 e. The number of benzene rings is 2. The summed E-state index contributed by atoms with van der Waals surface area (Å²) >= 11 is 0. The van der Waals surface area contributed by atoms with E-state index in [-0.39, 0.29) is 17.4 Å². The summed E-state index contributed by atoms with van der Waals surface area (Å²) in [5, 5.41) is 36.3. The zero-order valence-electron chi connectivity index (χ0n) is 16.9. The highest BCUT2D eigenvalue weighted by atomic mass is 19.1. The molecule has 152 valence electrons. The van der Waals surface area contributed by atoms with Gasteiger partial charge in [-0.05, 0) is 29.3 Å². The van der Waals surface area contributed by atoms with Crippen LogP contribution < -0.4 is 10.3 Å². The molecule has 0 saturated heterocycles. The van der Waals surface area contributed by atoms with Crippen LogP contribution in [0.4, 0.5) is 4.39 Å². The van der Waals surface area contributed by atoms with E-state index >= 15 is 0 Å². The van der Waals surface area contributed by atoms with Gasteiger partial charge in [0.05, 0.1) is 19.2 Å². The summed E-state index contributed by atoms with van der Waals surface area (Å²) in [7, 11) is 0. The first kappa shape index (κ1) is 20.5. The van der Waals surface area contributed by atoms with Crippen LogP contribution in [0.15, 0.2) is 66.2 Å². The molecule has 1 aliphatic heterocycles. The number of fused-ring (bicyclic) bond motifs is 1. The molecule has 1 saturated carbocycles. The summed E-state index contributed by atoms with van der Waals surface area (Å²) in [5.74, 6) is -1.95. The average molecular weight is 411 g/mol. The highest BCUT2D eigenvalue weighted by Crippen LogP contribution is 2.50. The van der Waals surface area contributed by atoms with E-state index < -0.39 is 17.3 Å². The van der Waals surface area contributed by atoms with Crippen LogP contribution in [-0.4, -0.2) is 18.8 Å². The van der Waals surface area contributed by atoms with Gasteiger partial charge in [-0.25, -0.2) is 4.39 Å². The second-order valence-corrected chi connectivity index (χ2v) is 8.20. The Morgan fingerprint density at radius 1 is 1.06 bits per heavy atom. The third kappa shape index (κ3) is 3.40. The first-order valence-corrected chi connectivity index (χ1v) is 10.2. The molecular weight excluding hydrogens is 389 g/mol. The summed E-state index contributed by atoms with van der Waals surface area (Å²) in [4.78, 5) is 1.25. The van der Waals surface area contributed by atoms with E-state index in [1.54, 1.807) is 12.1 Å². The van der Waals surface area contributed by atoms with E-state index in [1.165, 1.54) is 22.6 Å². The summed E-state index contributed by atoms with van der Waals surface area (Å²) in [5.41, 5.74) is 0.904. The van der Waals surface area contributed by atoms with Crippen LogP contribution in [0.3, 0.4) is 0 Å². The van der Waals surface area contributed by atoms with Crippen molar-refractivity contribution in [2.24, 2.45) is 17.3 Å². The Morgan fingerprint density at radius 2 is 1.81 bits per heavy atom. The number of nitrogens with zero attached hydrogens (tertiary/aromatic N) is 3. The standard InChI is InChI=1S/C25H20FN5/c26-19-8-4-7-18(11-19)23-20(12-27)24(30)25(15-28,16-29)22-9-10-31(14-21(22)23)13-17-5-2-1-3-6-17/h1-9,11,20-21,23,30H,10,13-14H2/p+2/t20-,21-,23+/m0/s1. The SMILES string of the molecule is N#C[C@@H]1C(=[NH2+])C(C#N)(C#N)C2=CC[NH+](Cc3ccccc3)C[C@@H]2[C@@H]1c1cccc(F)c1. The van der Waals surface area contributed by atoms with Crippen LogP contribution in [0.25, 0.3) is 0 Å². The van der Waals surface area contributed by atoms with Gasteiger partial charge >= 0.3 is 0 Å². The van der Waals surface area contributed by atoms with Gasteiger partial charge in [0.1, 0.15) is 30.4 Å². The Kier molecular flexibility index (Phi) is 5.38. The number of nitriles is 3. The van der Waals surface area contributed by atoms with Crippen molar-refractivity contribution >= 4 is 5.71 Å². The van der Waals surface area contributed by atoms with Crippen molar-refractivity contribution in [1.29, 1.82) is 15.8 Å². The maximum absolute atomic E-state index is 14.1. The number of nitrogens with two attached hydrogens (primary N) is 1. The lowest BCUT2D eigenvalue weighted by Gasteiger charge is -2.44. The molecular formula is C25H22FN5+2. The first-order valence-electron chi connectivity index (χ1n) is 10.2. The molecule has 2 aromatic rings. The maximum Gasteiger partial charge on any atom is 0.244 e. The van der Waals surface area contributed by atoms with Gasteiger partial charge in [0, 0.05) is 17.4 Å². The fraction of sp³-hybridized carbons (Fsp3) is 0.280. The maximum atomic E-state index is 14.1. The van der Waals surface area contributed by atoms with E-state index in [0.717, 1.165) is 6.54 Å². The highest BCUT2D eigenvalue weighted by molar-refractivity contribution is 5.99. The molecule has 5 nitrogen and oxygen atoms in total. The lowest BCUT2D eigenvalue weighted by Crippen LogP contribution is -3.12. The van der Waals surface area contributed by atoms with Gasteiger partial charge in [-0.2, -0.15) is 15.8 Å². The van der Waals surface area contributed by atoms with E-state index in [2.05, 4.69) is 30.3 Å². The molecule has 0 amide bonds. The van der Waals surface area contributed by atoms with Crippen molar-refractivity contribution in [2.45, 2.75) is 12.5 Å². The van der Waals surface area contributed by atoms with E-state index in [9.17, 15) is 20.2 Å². The van der Waals surface area contributed by atoms with Crippen LogP contribution >= 0.6 is 0 Å². The second kappa shape index (κ2) is 8.15. The molecule has 31 heavy (non-hydrogen) atoms. The summed E-state index contributed by atoms with van der Waals surface area (Å²) in [6.07, 6.45) is 1.94. The van der Waals surface area contributed by atoms with Gasteiger partial charge in [0.2, 0.25) is 11.1 Å². The van der Waals surface area contributed by atoms with Crippen molar-refractivity contribution in [2.75, 3.05) is 13.1 Å². The first-order chi connectivity index (χ1) is 15.0. The van der Waals surface area contributed by atoms with E-state index in [0.29, 0.717) is 24.2 Å². The largest absolute Gasteiger partial charge is 0.327 e. The van der Waals surface area contributed by atoms with Crippen molar-refractivity contribution in [3.05, 3.63) is 83.2 Å². The number of hydrogen-bond donors (Lipinski definition) is 2. The van der Waals surface area contributed by atoms with Gasteiger partial charge in [-0.1, -0.05) is 42.5 Å². The molecule has 2 aliphatic rings. The lowest BCUT2D eigenvalue weighted by atomic mass is 9.55. The third-order valence-corrected chi connectivity index (χ3v) is 6.52. The monoisotopic (exact) mass is 411 g/mol. The molecule has 1 aliphatic carbocycles. The minimum absolute atomic E-state index is 0.0447. The van der Waals surface area contributed by atoms with Crippen LogP contribution in [0.2, 0.25) is 0 Å². The highest BCUT2D eigenvalue weighted by Gasteiger charge is 2.60. The molecule has 0 radical (unpaired) electrons. The van der Waals surface area contributed by atoms with Crippen molar-refractivity contribution in [3.8, 4) is 18.2 Å². The second-order valence-electron chi connectivity index (χ2n) is 8.20. The Labute approximate surface area is 180 Å². The zero-order valence-corrected chi connectivity index (χ0v) is 16.9. The zero-order chi connectivity index (χ0) is 22.0. The number of halogens is 1. The molecule has 4 rings (SSSR count). The van der Waals surface area contributed by atoms with Gasteiger partial charge in [-0.3, -0.25) is 5.41 Å². The Morgan fingerprint density at radius 3 is 2.45 bits per heavy atom. The van der Waals surface area contributed by atoms with Crippen LogP contribution in [-0.2, 0) is 6.54 Å². The average Bonchev–Trinajstić information content (AvgIpc) is 2.79. The normalized spacial score (nSPS) is 26.5. The van der Waals surface area contributed by atoms with Crippen LogP contribution in [0.5, 0.6) is 0 Å². The summed E-state index contributed by atoms with van der Waals surface area (Å²) in [6, 6.07) is 22.7. The quantitative estimate of drug-likeness (QED) is 0.735. The van der Waals surface area contributed by atoms with Gasteiger partial charge < -0.3 is 4.90 Å².